The van der Waals surface area contributed by atoms with Crippen molar-refractivity contribution in [3.8, 4) is 11.5 Å². The number of hydrogen-bond donors (Lipinski definition) is 2. The maximum absolute atomic E-state index is 13.7. The van der Waals surface area contributed by atoms with E-state index >= 15 is 0 Å². The number of benzene rings is 1. The molecule has 1 aromatic rings. The highest BCUT2D eigenvalue weighted by Gasteiger charge is 2.55. The predicted molar refractivity (Wildman–Crippen MR) is 152 cm³/mol. The molecule has 41 heavy (non-hydrogen) atoms. The topological polar surface area (TPSA) is 138 Å². The largest absolute Gasteiger partial charge is 0.504 e. The summed E-state index contributed by atoms with van der Waals surface area (Å²) in [6.45, 7) is 0.234. The van der Waals surface area contributed by atoms with E-state index in [1.54, 1.807) is 18.2 Å². The molecule has 2 amide bonds. The lowest BCUT2D eigenvalue weighted by Gasteiger charge is -2.41. The Kier molecular flexibility index (Phi) is 8.13. The number of halogens is 1. The molecule has 2 N–H and O–H groups in total. The van der Waals surface area contributed by atoms with Crippen LogP contribution in [0.4, 0.5) is 0 Å². The standard InChI is InChI=1S/C31H30BrNO8/c1-41-25-13-16(7-11-23(25)34)6-8-18-17-9-10-19-28(20(17)14-21-27(18)24(35)15-22(32)29(21)38)31(40)33(30(19)39)12-4-2-3-5-26(36)37/h6-9,11,13,15,18-20,28,34H,2-5,10,12,14H2,1H3,(H,36,37)/t18-,19-,20+,28-/m0/s1. The minimum absolute atomic E-state index is 0.00713. The Labute approximate surface area is 245 Å². The average Bonchev–Trinajstić information content (AvgIpc) is 3.19. The zero-order valence-corrected chi connectivity index (χ0v) is 24.1. The number of carboxylic acid groups (broad SMARTS) is 1. The number of allylic oxidation sites excluding steroid dienone is 7. The lowest BCUT2D eigenvalue weighted by molar-refractivity contribution is -0.141. The first-order valence-electron chi connectivity index (χ1n) is 13.6. The van der Waals surface area contributed by atoms with E-state index in [1.807, 2.05) is 12.2 Å². The number of phenolic OH excluding ortho intramolecular Hbond substituents is 1. The number of carbonyl (C=O) groups excluding carboxylic acids is 4. The summed E-state index contributed by atoms with van der Waals surface area (Å²) in [6, 6.07) is 4.86. The number of carboxylic acids is 1. The Morgan fingerprint density at radius 1 is 1.12 bits per heavy atom. The normalized spacial score (nSPS) is 25.7. The molecule has 214 valence electrons. The number of ether oxygens (including phenoxy) is 1. The Morgan fingerprint density at radius 3 is 2.63 bits per heavy atom. The van der Waals surface area contributed by atoms with Crippen molar-refractivity contribution in [1.82, 2.24) is 4.90 Å². The van der Waals surface area contributed by atoms with Crippen LogP contribution in [0.3, 0.4) is 0 Å². The molecule has 0 radical (unpaired) electrons. The number of amides is 2. The number of ketones is 2. The third-order valence-corrected chi connectivity index (χ3v) is 9.02. The second-order valence-electron chi connectivity index (χ2n) is 10.8. The number of methoxy groups -OCH3 is 1. The molecule has 0 bridgehead atoms. The highest BCUT2D eigenvalue weighted by atomic mass is 79.9. The van der Waals surface area contributed by atoms with E-state index < -0.39 is 29.6 Å². The summed E-state index contributed by atoms with van der Waals surface area (Å²) < 4.78 is 5.38. The quantitative estimate of drug-likeness (QED) is 0.179. The molecule has 3 aliphatic carbocycles. The summed E-state index contributed by atoms with van der Waals surface area (Å²) in [5.41, 5.74) is 2.31. The van der Waals surface area contributed by atoms with Crippen LogP contribution >= 0.6 is 15.9 Å². The van der Waals surface area contributed by atoms with Crippen LogP contribution in [-0.4, -0.2) is 58.1 Å². The number of aliphatic carboxylic acids is 1. The van der Waals surface area contributed by atoms with E-state index in [1.165, 1.54) is 24.2 Å². The Morgan fingerprint density at radius 2 is 1.90 bits per heavy atom. The number of phenols is 1. The Balaban J connectivity index is 1.46. The number of carbonyl (C=O) groups is 5. The van der Waals surface area contributed by atoms with Gasteiger partial charge in [0.1, 0.15) is 0 Å². The molecule has 4 aliphatic rings. The second-order valence-corrected chi connectivity index (χ2v) is 11.6. The van der Waals surface area contributed by atoms with Crippen LogP contribution < -0.4 is 4.74 Å². The summed E-state index contributed by atoms with van der Waals surface area (Å²) in [4.78, 5) is 65.6. The van der Waals surface area contributed by atoms with Gasteiger partial charge in [-0.1, -0.05) is 36.3 Å². The number of likely N-dealkylation sites (tertiary alicyclic amines) is 1. The van der Waals surface area contributed by atoms with Gasteiger partial charge in [0.15, 0.2) is 23.1 Å². The van der Waals surface area contributed by atoms with Gasteiger partial charge in [0, 0.05) is 36.1 Å². The first kappa shape index (κ1) is 28.7. The van der Waals surface area contributed by atoms with Crippen LogP contribution in [0.2, 0.25) is 0 Å². The van der Waals surface area contributed by atoms with Crippen molar-refractivity contribution in [2.45, 2.75) is 38.5 Å². The van der Waals surface area contributed by atoms with Crippen LogP contribution in [0.5, 0.6) is 11.5 Å². The van der Waals surface area contributed by atoms with Crippen LogP contribution in [0, 0.1) is 23.7 Å². The van der Waals surface area contributed by atoms with Gasteiger partial charge in [0.2, 0.25) is 11.8 Å². The van der Waals surface area contributed by atoms with Crippen LogP contribution in [-0.2, 0) is 24.0 Å². The van der Waals surface area contributed by atoms with E-state index in [0.717, 1.165) is 5.57 Å². The first-order chi connectivity index (χ1) is 19.6. The first-order valence-corrected chi connectivity index (χ1v) is 14.4. The van der Waals surface area contributed by atoms with Gasteiger partial charge < -0.3 is 14.9 Å². The third kappa shape index (κ3) is 5.32. The molecule has 0 aromatic heterocycles. The predicted octanol–water partition coefficient (Wildman–Crippen LogP) is 4.35. The smallest absolute Gasteiger partial charge is 0.303 e. The lowest BCUT2D eigenvalue weighted by Crippen LogP contribution is -2.40. The van der Waals surface area contributed by atoms with Gasteiger partial charge >= 0.3 is 5.97 Å². The minimum Gasteiger partial charge on any atom is -0.504 e. The molecule has 1 heterocycles. The zero-order valence-electron chi connectivity index (χ0n) is 22.5. The van der Waals surface area contributed by atoms with Gasteiger partial charge in [0.25, 0.3) is 0 Å². The SMILES string of the molecule is COc1cc(C=C[C@H]2C3=CC[C@@H]4C(=O)N(CCCCCC(=O)O)C(=O)[C@@H]4[C@@H]3CC3=C2C(=O)C=C(Br)C3=O)ccc1O. The van der Waals surface area contributed by atoms with E-state index in [2.05, 4.69) is 15.9 Å². The number of aromatic hydroxyl groups is 1. The number of Topliss-reactive ketones (excluding diaryl/α,β-unsaturated/α-hetero) is 1. The number of fused-ring (bicyclic) bond motifs is 3. The lowest BCUT2D eigenvalue weighted by atomic mass is 9.61. The van der Waals surface area contributed by atoms with E-state index in [9.17, 15) is 29.1 Å². The average molecular weight is 624 g/mol. The second kappa shape index (κ2) is 11.6. The van der Waals surface area contributed by atoms with E-state index in [-0.39, 0.29) is 53.0 Å². The molecule has 10 heteroatoms. The molecule has 9 nitrogen and oxygen atoms in total. The number of nitrogens with zero attached hydrogens (tertiary/aromatic N) is 1. The summed E-state index contributed by atoms with van der Waals surface area (Å²) in [7, 11) is 1.45. The van der Waals surface area contributed by atoms with Crippen molar-refractivity contribution in [2.24, 2.45) is 23.7 Å². The molecule has 5 rings (SSSR count). The molecule has 4 atom stereocenters. The summed E-state index contributed by atoms with van der Waals surface area (Å²) in [5.74, 6) is -3.80. The third-order valence-electron chi connectivity index (χ3n) is 8.43. The fourth-order valence-electron chi connectivity index (χ4n) is 6.50. The van der Waals surface area contributed by atoms with Crippen molar-refractivity contribution in [2.75, 3.05) is 13.7 Å². The molecule has 1 aliphatic heterocycles. The van der Waals surface area contributed by atoms with Crippen LogP contribution in [0.15, 0.2) is 57.6 Å². The maximum Gasteiger partial charge on any atom is 0.303 e. The summed E-state index contributed by atoms with van der Waals surface area (Å²) in [6.07, 6.45) is 9.05. The van der Waals surface area contributed by atoms with E-state index in [0.29, 0.717) is 48.1 Å². The van der Waals surface area contributed by atoms with Gasteiger partial charge in [-0.05, 0) is 65.2 Å². The van der Waals surface area contributed by atoms with Gasteiger partial charge in [-0.2, -0.15) is 0 Å². The molecular formula is C31H30BrNO8. The van der Waals surface area contributed by atoms with Crippen molar-refractivity contribution in [3.05, 3.63) is 63.2 Å². The molecule has 1 aromatic carbocycles. The Hall–Kier alpha value is -3.79. The van der Waals surface area contributed by atoms with Gasteiger partial charge in [-0.3, -0.25) is 28.9 Å². The van der Waals surface area contributed by atoms with E-state index in [4.69, 9.17) is 9.84 Å². The van der Waals surface area contributed by atoms with Crippen LogP contribution in [0.25, 0.3) is 6.08 Å². The summed E-state index contributed by atoms with van der Waals surface area (Å²) in [5, 5.41) is 18.8. The number of hydrogen-bond acceptors (Lipinski definition) is 7. The van der Waals surface area contributed by atoms with Crippen molar-refractivity contribution < 1.29 is 38.9 Å². The van der Waals surface area contributed by atoms with Crippen LogP contribution in [0.1, 0.15) is 44.1 Å². The molecule has 0 saturated carbocycles. The number of unbranched alkanes of at least 4 members (excludes halogenated alkanes) is 2. The van der Waals surface area contributed by atoms with Crippen molar-refractivity contribution in [3.63, 3.8) is 0 Å². The fourth-order valence-corrected chi connectivity index (χ4v) is 6.95. The minimum atomic E-state index is -0.876. The molecule has 1 fully saturated rings. The highest BCUT2D eigenvalue weighted by Crippen LogP contribution is 2.53. The van der Waals surface area contributed by atoms with Gasteiger partial charge in [-0.15, -0.1) is 0 Å². The molecule has 0 spiro atoms. The number of rotatable bonds is 9. The van der Waals surface area contributed by atoms with Gasteiger partial charge in [0.05, 0.1) is 23.4 Å². The highest BCUT2D eigenvalue weighted by molar-refractivity contribution is 9.12. The monoisotopic (exact) mass is 623 g/mol. The molecular weight excluding hydrogens is 594 g/mol. The molecule has 1 saturated heterocycles. The van der Waals surface area contributed by atoms with Gasteiger partial charge in [-0.25, -0.2) is 0 Å². The summed E-state index contributed by atoms with van der Waals surface area (Å²) >= 11 is 3.22. The zero-order chi connectivity index (χ0) is 29.4. The molecule has 0 unspecified atom stereocenters. The van der Waals surface area contributed by atoms with Crippen molar-refractivity contribution in [1.29, 1.82) is 0 Å². The maximum atomic E-state index is 13.7. The fraction of sp³-hybridized carbons (Fsp3) is 0.387. The Bertz CT molecular complexity index is 1470. The van der Waals surface area contributed by atoms with Crippen molar-refractivity contribution >= 4 is 51.4 Å². The number of imide groups is 1.